The molecule has 6 heteroatoms. The lowest BCUT2D eigenvalue weighted by Crippen LogP contribution is -2.54. The molecule has 45 heavy (non-hydrogen) atoms. The number of rotatable bonds is 21. The Morgan fingerprint density at radius 2 is 1.13 bits per heavy atom. The minimum Gasteiger partial charge on any atom is -0.480 e. The Morgan fingerprint density at radius 1 is 0.644 bits per heavy atom. The van der Waals surface area contributed by atoms with Gasteiger partial charge in [0.05, 0.1) is 12.0 Å². The van der Waals surface area contributed by atoms with Crippen LogP contribution in [0, 0.1) is 11.3 Å². The first-order valence-corrected chi connectivity index (χ1v) is 16.2. The van der Waals surface area contributed by atoms with Gasteiger partial charge in [0.25, 0.3) is 0 Å². The van der Waals surface area contributed by atoms with Gasteiger partial charge in [-0.1, -0.05) is 149 Å². The molecule has 0 bridgehead atoms. The minimum absolute atomic E-state index is 0.0529. The summed E-state index contributed by atoms with van der Waals surface area (Å²) >= 11 is 0. The number of aliphatic carboxylic acids is 1. The van der Waals surface area contributed by atoms with Gasteiger partial charge < -0.3 is 10.2 Å². The number of unbranched alkanes of at least 4 members (excludes halogenated alkanes) is 6. The van der Waals surface area contributed by atoms with E-state index in [1.165, 1.54) is 37.1 Å². The molecule has 0 aliphatic rings. The van der Waals surface area contributed by atoms with E-state index >= 15 is 0 Å². The van der Waals surface area contributed by atoms with Gasteiger partial charge in [0.15, 0.2) is 17.3 Å². The van der Waals surface area contributed by atoms with Crippen molar-refractivity contribution in [1.29, 1.82) is 0 Å². The maximum Gasteiger partial charge on any atom is 0.326 e. The highest BCUT2D eigenvalue weighted by Gasteiger charge is 2.60. The van der Waals surface area contributed by atoms with Crippen LogP contribution in [0.2, 0.25) is 0 Å². The molecule has 3 aromatic rings. The molecule has 0 saturated heterocycles. The summed E-state index contributed by atoms with van der Waals surface area (Å²) in [5.74, 6) is -5.38. The second-order valence-corrected chi connectivity index (χ2v) is 11.6. The third kappa shape index (κ3) is 9.66. The fraction of sp³-hybridized carbons (Fsp3) is 0.385. The molecule has 0 heterocycles. The van der Waals surface area contributed by atoms with Crippen molar-refractivity contribution in [1.82, 2.24) is 0 Å². The Hall–Kier alpha value is -4.16. The van der Waals surface area contributed by atoms with Crippen molar-refractivity contribution in [2.45, 2.75) is 83.7 Å². The summed E-state index contributed by atoms with van der Waals surface area (Å²) in [7, 11) is 0. The van der Waals surface area contributed by atoms with Gasteiger partial charge in [-0.05, 0) is 32.1 Å². The summed E-state index contributed by atoms with van der Waals surface area (Å²) in [5, 5.41) is 21.0. The largest absolute Gasteiger partial charge is 0.480 e. The number of hydrogen-bond donors (Lipinski definition) is 2. The molecule has 0 aromatic heterocycles. The Bertz CT molecular complexity index is 1330. The molecule has 0 amide bonds. The summed E-state index contributed by atoms with van der Waals surface area (Å²) < 4.78 is 0. The lowest BCUT2D eigenvalue weighted by atomic mass is 9.62. The number of aliphatic hydroxyl groups is 1. The molecule has 0 radical (unpaired) electrons. The number of hydrogen-bond acceptors (Lipinski definition) is 5. The van der Waals surface area contributed by atoms with Gasteiger partial charge in [0.2, 0.25) is 5.41 Å². The van der Waals surface area contributed by atoms with Crippen molar-refractivity contribution >= 4 is 23.3 Å². The Kier molecular flexibility index (Phi) is 14.6. The van der Waals surface area contributed by atoms with Gasteiger partial charge >= 0.3 is 5.97 Å². The summed E-state index contributed by atoms with van der Waals surface area (Å²) in [4.78, 5) is 56.1. The van der Waals surface area contributed by atoms with Crippen LogP contribution in [0.5, 0.6) is 0 Å². The molecule has 0 aliphatic carbocycles. The topological polar surface area (TPSA) is 109 Å². The van der Waals surface area contributed by atoms with Gasteiger partial charge in [-0.15, -0.1) is 0 Å². The average molecular weight is 611 g/mol. The van der Waals surface area contributed by atoms with E-state index in [1.807, 2.05) is 12.2 Å². The number of ketones is 3. The quantitative estimate of drug-likeness (QED) is 0.0541. The molecule has 2 N–H and O–H groups in total. The van der Waals surface area contributed by atoms with E-state index in [-0.39, 0.29) is 29.2 Å². The number of allylic oxidation sites excluding steroid dienone is 1. The summed E-state index contributed by atoms with van der Waals surface area (Å²) in [6, 6.07) is 24.1. The van der Waals surface area contributed by atoms with Gasteiger partial charge in [-0.25, -0.2) is 0 Å². The van der Waals surface area contributed by atoms with Crippen molar-refractivity contribution < 1.29 is 29.4 Å². The third-order valence-electron chi connectivity index (χ3n) is 8.35. The van der Waals surface area contributed by atoms with Gasteiger partial charge in [-0.2, -0.15) is 0 Å². The van der Waals surface area contributed by atoms with Crippen molar-refractivity contribution in [3.8, 4) is 0 Å². The summed E-state index contributed by atoms with van der Waals surface area (Å²) in [6.45, 7) is 2.16. The zero-order valence-corrected chi connectivity index (χ0v) is 26.3. The molecule has 0 fully saturated rings. The molecule has 2 atom stereocenters. The number of carboxylic acid groups (broad SMARTS) is 1. The fourth-order valence-electron chi connectivity index (χ4n) is 5.83. The SMILES string of the molecule is CCCCCC[C@@H](O)C/C=C\CCCCCC(C(=O)c1ccccc1)C(C(=O)O)(C(=O)c1ccccc1)C(=O)c1ccccc1. The predicted molar refractivity (Wildman–Crippen MR) is 177 cm³/mol. The highest BCUT2D eigenvalue weighted by atomic mass is 16.4. The van der Waals surface area contributed by atoms with Crippen LogP contribution in [0.15, 0.2) is 103 Å². The molecule has 0 saturated carbocycles. The van der Waals surface area contributed by atoms with E-state index in [9.17, 15) is 29.4 Å². The van der Waals surface area contributed by atoms with E-state index in [1.54, 1.807) is 66.7 Å². The monoisotopic (exact) mass is 610 g/mol. The maximum atomic E-state index is 14.3. The molecule has 3 rings (SSSR count). The lowest BCUT2D eigenvalue weighted by molar-refractivity contribution is -0.145. The minimum atomic E-state index is -2.65. The number of Topliss-reactive ketones (excluding diaryl/α,β-unsaturated/α-hetero) is 3. The molecular formula is C39H46O6. The van der Waals surface area contributed by atoms with Crippen LogP contribution in [0.4, 0.5) is 0 Å². The van der Waals surface area contributed by atoms with Crippen LogP contribution in [0.25, 0.3) is 0 Å². The zero-order chi connectivity index (χ0) is 32.5. The van der Waals surface area contributed by atoms with E-state index in [2.05, 4.69) is 6.92 Å². The molecule has 0 spiro atoms. The fourth-order valence-corrected chi connectivity index (χ4v) is 5.83. The normalized spacial score (nSPS) is 12.9. The van der Waals surface area contributed by atoms with Crippen molar-refractivity contribution in [2.24, 2.45) is 11.3 Å². The van der Waals surface area contributed by atoms with Gasteiger partial charge in [0, 0.05) is 16.7 Å². The maximum absolute atomic E-state index is 14.3. The molecule has 238 valence electrons. The highest BCUT2D eigenvalue weighted by Crippen LogP contribution is 2.41. The van der Waals surface area contributed by atoms with Crippen LogP contribution >= 0.6 is 0 Å². The number of carbonyl (C=O) groups is 4. The van der Waals surface area contributed by atoms with E-state index in [0.29, 0.717) is 19.3 Å². The van der Waals surface area contributed by atoms with Gasteiger partial charge in [0.1, 0.15) is 0 Å². The number of carbonyl (C=O) groups excluding carboxylic acids is 3. The van der Waals surface area contributed by atoms with E-state index in [0.717, 1.165) is 32.1 Å². The number of aliphatic hydroxyl groups excluding tert-OH is 1. The van der Waals surface area contributed by atoms with Crippen LogP contribution in [-0.4, -0.2) is 39.6 Å². The molecule has 1 unspecified atom stereocenters. The Morgan fingerprint density at radius 3 is 1.64 bits per heavy atom. The van der Waals surface area contributed by atoms with Crippen LogP contribution in [-0.2, 0) is 4.79 Å². The van der Waals surface area contributed by atoms with Crippen molar-refractivity contribution in [3.05, 3.63) is 120 Å². The lowest BCUT2D eigenvalue weighted by Gasteiger charge is -2.34. The first kappa shape index (κ1) is 35.3. The summed E-state index contributed by atoms with van der Waals surface area (Å²) in [5.41, 5.74) is -2.27. The van der Waals surface area contributed by atoms with E-state index in [4.69, 9.17) is 0 Å². The van der Waals surface area contributed by atoms with Crippen LogP contribution in [0.3, 0.4) is 0 Å². The van der Waals surface area contributed by atoms with E-state index < -0.39 is 34.7 Å². The highest BCUT2D eigenvalue weighted by molar-refractivity contribution is 6.33. The molecular weight excluding hydrogens is 564 g/mol. The van der Waals surface area contributed by atoms with Crippen LogP contribution in [0.1, 0.15) is 109 Å². The second-order valence-electron chi connectivity index (χ2n) is 11.6. The van der Waals surface area contributed by atoms with Crippen molar-refractivity contribution in [3.63, 3.8) is 0 Å². The average Bonchev–Trinajstić information content (AvgIpc) is 3.07. The first-order chi connectivity index (χ1) is 21.8. The zero-order valence-electron chi connectivity index (χ0n) is 26.3. The third-order valence-corrected chi connectivity index (χ3v) is 8.35. The molecule has 0 aliphatic heterocycles. The standard InChI is InChI=1S/C39H46O6/c1-2-3-4-18-27-33(40)28-19-7-5-6-8-20-29-34(35(41)30-21-12-9-13-22-30)39(38(44)45,36(42)31-23-14-10-15-24-31)37(43)32-25-16-11-17-26-32/h7,9-17,19,21-26,33-34,40H,2-6,8,18,20,27-29H2,1H3,(H,44,45)/b19-7-/t33-,34?/m1/s1. The van der Waals surface area contributed by atoms with Gasteiger partial charge in [-0.3, -0.25) is 19.2 Å². The Balaban J connectivity index is 1.85. The molecule has 3 aromatic carbocycles. The summed E-state index contributed by atoms with van der Waals surface area (Å²) in [6.07, 6.45) is 12.4. The van der Waals surface area contributed by atoms with Crippen molar-refractivity contribution in [2.75, 3.05) is 0 Å². The van der Waals surface area contributed by atoms with Crippen LogP contribution < -0.4 is 0 Å². The second kappa shape index (κ2) is 18.6. The number of carboxylic acids is 1. The predicted octanol–water partition coefficient (Wildman–Crippen LogP) is 8.55. The first-order valence-electron chi connectivity index (χ1n) is 16.2. The smallest absolute Gasteiger partial charge is 0.326 e. The number of benzene rings is 3. The molecule has 6 nitrogen and oxygen atoms in total. The Labute approximate surface area is 267 Å².